The molecular formula is C22H28N2O3. The van der Waals surface area contributed by atoms with Gasteiger partial charge in [-0.1, -0.05) is 45.0 Å². The summed E-state index contributed by atoms with van der Waals surface area (Å²) in [6.07, 6.45) is 1.69. The van der Waals surface area contributed by atoms with Crippen molar-refractivity contribution in [2.45, 2.75) is 52.6 Å². The molecule has 0 aliphatic heterocycles. The molecule has 0 atom stereocenters. The van der Waals surface area contributed by atoms with Crippen LogP contribution in [0.2, 0.25) is 0 Å². The predicted molar refractivity (Wildman–Crippen MR) is 108 cm³/mol. The van der Waals surface area contributed by atoms with Gasteiger partial charge in [0.2, 0.25) is 5.91 Å². The van der Waals surface area contributed by atoms with Gasteiger partial charge in [0.1, 0.15) is 11.5 Å². The Morgan fingerprint density at radius 2 is 1.85 bits per heavy atom. The van der Waals surface area contributed by atoms with Crippen molar-refractivity contribution < 1.29 is 14.6 Å². The topological polar surface area (TPSA) is 70.9 Å². The lowest BCUT2D eigenvalue weighted by atomic mass is 9.86. The summed E-state index contributed by atoms with van der Waals surface area (Å²) >= 11 is 0. The van der Waals surface area contributed by atoms with Gasteiger partial charge < -0.3 is 9.84 Å². The molecule has 5 heteroatoms. The molecule has 2 N–H and O–H groups in total. The number of nitrogens with zero attached hydrogens (tertiary/aromatic N) is 1. The maximum Gasteiger partial charge on any atom is 0.244 e. The van der Waals surface area contributed by atoms with E-state index in [1.165, 1.54) is 17.8 Å². The monoisotopic (exact) mass is 368 g/mol. The second-order valence-corrected chi connectivity index (χ2v) is 7.80. The van der Waals surface area contributed by atoms with Gasteiger partial charge in [-0.15, -0.1) is 0 Å². The number of phenols is 1. The van der Waals surface area contributed by atoms with Crippen LogP contribution in [0.5, 0.6) is 11.5 Å². The van der Waals surface area contributed by atoms with E-state index in [-0.39, 0.29) is 29.6 Å². The number of carbonyl (C=O) groups excluding carboxylic acids is 1. The Bertz CT molecular complexity index is 803. The predicted octanol–water partition coefficient (Wildman–Crippen LogP) is 4.17. The highest BCUT2D eigenvalue weighted by Crippen LogP contribution is 2.23. The molecular weight excluding hydrogens is 340 g/mol. The van der Waals surface area contributed by atoms with Gasteiger partial charge in [0, 0.05) is 11.6 Å². The van der Waals surface area contributed by atoms with Crippen LogP contribution in [-0.4, -0.2) is 23.3 Å². The van der Waals surface area contributed by atoms with Crippen LogP contribution in [0, 0.1) is 0 Å². The SMILES string of the molecule is CC(C)Oc1ccc(/C=N\NC(=O)Cc2ccc(C(C)(C)C)cc2)c(O)c1. The van der Waals surface area contributed by atoms with Crippen LogP contribution in [-0.2, 0) is 16.6 Å². The normalized spacial score (nSPS) is 11.8. The second kappa shape index (κ2) is 8.71. The Morgan fingerprint density at radius 1 is 1.19 bits per heavy atom. The molecule has 0 unspecified atom stereocenters. The van der Waals surface area contributed by atoms with Gasteiger partial charge in [-0.25, -0.2) is 5.43 Å². The summed E-state index contributed by atoms with van der Waals surface area (Å²) in [5, 5.41) is 13.9. The average molecular weight is 368 g/mol. The number of nitrogens with one attached hydrogen (secondary N) is 1. The minimum atomic E-state index is -0.214. The van der Waals surface area contributed by atoms with E-state index in [0.717, 1.165) is 5.56 Å². The number of carbonyl (C=O) groups is 1. The Kier molecular flexibility index (Phi) is 6.61. The number of aromatic hydroxyl groups is 1. The van der Waals surface area contributed by atoms with Gasteiger partial charge >= 0.3 is 0 Å². The number of rotatable bonds is 6. The number of hydrogen-bond acceptors (Lipinski definition) is 4. The Labute approximate surface area is 161 Å². The number of hydrogen-bond donors (Lipinski definition) is 2. The summed E-state index contributed by atoms with van der Waals surface area (Å²) in [4.78, 5) is 12.0. The fourth-order valence-electron chi connectivity index (χ4n) is 2.50. The lowest BCUT2D eigenvalue weighted by molar-refractivity contribution is -0.120. The molecule has 0 aliphatic rings. The van der Waals surface area contributed by atoms with Crippen molar-refractivity contribution in [1.29, 1.82) is 0 Å². The van der Waals surface area contributed by atoms with E-state index < -0.39 is 0 Å². The molecule has 0 radical (unpaired) electrons. The first-order valence-electron chi connectivity index (χ1n) is 9.06. The maximum atomic E-state index is 12.0. The smallest absolute Gasteiger partial charge is 0.244 e. The quantitative estimate of drug-likeness (QED) is 0.594. The highest BCUT2D eigenvalue weighted by atomic mass is 16.5. The fraction of sp³-hybridized carbons (Fsp3) is 0.364. The summed E-state index contributed by atoms with van der Waals surface area (Å²) in [6.45, 7) is 10.3. The third-order valence-electron chi connectivity index (χ3n) is 3.95. The van der Waals surface area contributed by atoms with Crippen LogP contribution in [0.1, 0.15) is 51.3 Å². The van der Waals surface area contributed by atoms with Gasteiger partial charge in [0.05, 0.1) is 18.7 Å². The van der Waals surface area contributed by atoms with E-state index in [1.807, 2.05) is 38.1 Å². The lowest BCUT2D eigenvalue weighted by Crippen LogP contribution is -2.20. The average Bonchev–Trinajstić information content (AvgIpc) is 2.56. The van der Waals surface area contributed by atoms with E-state index in [1.54, 1.807) is 12.1 Å². The minimum Gasteiger partial charge on any atom is -0.507 e. The molecule has 1 amide bonds. The molecule has 144 valence electrons. The lowest BCUT2D eigenvalue weighted by Gasteiger charge is -2.19. The van der Waals surface area contributed by atoms with Crippen LogP contribution < -0.4 is 10.2 Å². The molecule has 2 rings (SSSR count). The zero-order chi connectivity index (χ0) is 20.0. The molecule has 0 fully saturated rings. The number of amides is 1. The van der Waals surface area contributed by atoms with Crippen LogP contribution in [0.4, 0.5) is 0 Å². The van der Waals surface area contributed by atoms with Crippen molar-refractivity contribution in [3.05, 3.63) is 59.2 Å². The van der Waals surface area contributed by atoms with E-state index >= 15 is 0 Å². The summed E-state index contributed by atoms with van der Waals surface area (Å²) in [6, 6.07) is 13.0. The Hall–Kier alpha value is -2.82. The second-order valence-electron chi connectivity index (χ2n) is 7.80. The zero-order valence-electron chi connectivity index (χ0n) is 16.6. The van der Waals surface area contributed by atoms with Crippen molar-refractivity contribution in [3.63, 3.8) is 0 Å². The van der Waals surface area contributed by atoms with Crippen molar-refractivity contribution >= 4 is 12.1 Å². The van der Waals surface area contributed by atoms with Crippen LogP contribution >= 0.6 is 0 Å². The fourth-order valence-corrected chi connectivity index (χ4v) is 2.50. The largest absolute Gasteiger partial charge is 0.507 e. The number of hydrazone groups is 1. The van der Waals surface area contributed by atoms with Gasteiger partial charge in [-0.2, -0.15) is 5.10 Å². The molecule has 0 saturated carbocycles. The van der Waals surface area contributed by atoms with Crippen molar-refractivity contribution in [2.75, 3.05) is 0 Å². The third-order valence-corrected chi connectivity index (χ3v) is 3.95. The third kappa shape index (κ3) is 6.44. The van der Waals surface area contributed by atoms with Crippen LogP contribution in [0.3, 0.4) is 0 Å². The molecule has 0 aliphatic carbocycles. The zero-order valence-corrected chi connectivity index (χ0v) is 16.6. The number of benzene rings is 2. The molecule has 5 nitrogen and oxygen atoms in total. The van der Waals surface area contributed by atoms with E-state index in [2.05, 4.69) is 31.3 Å². The van der Waals surface area contributed by atoms with Crippen LogP contribution in [0.15, 0.2) is 47.6 Å². The van der Waals surface area contributed by atoms with Gasteiger partial charge in [-0.3, -0.25) is 4.79 Å². The van der Waals surface area contributed by atoms with Gasteiger partial charge in [0.25, 0.3) is 0 Å². The Balaban J connectivity index is 1.91. The van der Waals surface area contributed by atoms with Crippen molar-refractivity contribution in [3.8, 4) is 11.5 Å². The molecule has 0 aromatic heterocycles. The summed E-state index contributed by atoms with van der Waals surface area (Å²) in [7, 11) is 0. The van der Waals surface area contributed by atoms with E-state index in [0.29, 0.717) is 11.3 Å². The Morgan fingerprint density at radius 3 is 2.41 bits per heavy atom. The molecule has 2 aromatic carbocycles. The molecule has 0 spiro atoms. The summed E-state index contributed by atoms with van der Waals surface area (Å²) in [5.41, 5.74) is 5.23. The first-order chi connectivity index (χ1) is 12.6. The number of phenolic OH excluding ortho intramolecular Hbond substituents is 1. The van der Waals surface area contributed by atoms with E-state index in [9.17, 15) is 9.90 Å². The maximum absolute atomic E-state index is 12.0. The standard InChI is InChI=1S/C22H28N2O3/c1-15(2)27-19-11-8-17(20(25)13-19)14-23-24-21(26)12-16-6-9-18(10-7-16)22(3,4)5/h6-11,13-15,25H,12H2,1-5H3,(H,24,26)/b23-14-. The van der Waals surface area contributed by atoms with Crippen LogP contribution in [0.25, 0.3) is 0 Å². The molecule has 0 heterocycles. The van der Waals surface area contributed by atoms with Crippen molar-refractivity contribution in [1.82, 2.24) is 5.43 Å². The minimum absolute atomic E-state index is 0.0284. The van der Waals surface area contributed by atoms with E-state index in [4.69, 9.17) is 4.74 Å². The summed E-state index contributed by atoms with van der Waals surface area (Å²) in [5.74, 6) is 0.417. The van der Waals surface area contributed by atoms with Gasteiger partial charge in [0.15, 0.2) is 0 Å². The molecule has 2 aromatic rings. The number of ether oxygens (including phenoxy) is 1. The highest BCUT2D eigenvalue weighted by molar-refractivity contribution is 5.85. The van der Waals surface area contributed by atoms with Crippen molar-refractivity contribution in [2.24, 2.45) is 5.10 Å². The molecule has 0 bridgehead atoms. The molecule has 0 saturated heterocycles. The summed E-state index contributed by atoms with van der Waals surface area (Å²) < 4.78 is 5.51. The first-order valence-corrected chi connectivity index (χ1v) is 9.06. The highest BCUT2D eigenvalue weighted by Gasteiger charge is 2.13. The van der Waals surface area contributed by atoms with Gasteiger partial charge in [-0.05, 0) is 42.5 Å². The molecule has 27 heavy (non-hydrogen) atoms. The first kappa shape index (κ1) is 20.5.